The molecule has 3 N–H and O–H groups in total. The van der Waals surface area contributed by atoms with Crippen molar-refractivity contribution in [3.05, 3.63) is 0 Å². The first-order valence-corrected chi connectivity index (χ1v) is 7.79. The minimum Gasteiger partial charge on any atom is -0.481 e. The van der Waals surface area contributed by atoms with Crippen LogP contribution in [0.4, 0.5) is 0 Å². The second-order valence-corrected chi connectivity index (χ2v) is 6.29. The predicted octanol–water partition coefficient (Wildman–Crippen LogP) is -0.0472. The summed E-state index contributed by atoms with van der Waals surface area (Å²) >= 11 is 0. The molecule has 0 fully saturated rings. The molecule has 2 aliphatic heterocycles. The van der Waals surface area contributed by atoms with Crippen molar-refractivity contribution in [2.75, 3.05) is 0 Å². The van der Waals surface area contributed by atoms with Gasteiger partial charge in [-0.25, -0.2) is 20.0 Å². The van der Waals surface area contributed by atoms with E-state index in [9.17, 15) is 19.5 Å². The zero-order valence-corrected chi connectivity index (χ0v) is 14.4. The minimum absolute atomic E-state index is 0.0338. The van der Waals surface area contributed by atoms with Crippen LogP contribution in [0, 0.1) is 11.8 Å². The van der Waals surface area contributed by atoms with Crippen LogP contribution in [0.5, 0.6) is 0 Å². The van der Waals surface area contributed by atoms with Crippen LogP contribution in [0.25, 0.3) is 0 Å². The van der Waals surface area contributed by atoms with Gasteiger partial charge in [-0.2, -0.15) is 0 Å². The molecule has 2 heterocycles. The van der Waals surface area contributed by atoms with Crippen LogP contribution in [0.2, 0.25) is 0 Å². The average molecular weight is 348 g/mol. The van der Waals surface area contributed by atoms with Gasteiger partial charge < -0.3 is 15.7 Å². The van der Waals surface area contributed by atoms with E-state index in [2.05, 4.69) is 30.6 Å². The Morgan fingerprint density at radius 1 is 1.12 bits per heavy atom. The number of nitrogens with zero attached hydrogens (tertiary/aromatic N) is 4. The third-order valence-corrected chi connectivity index (χ3v) is 3.40. The molecule has 0 aliphatic carbocycles. The topological polar surface area (TPSA) is 145 Å². The highest BCUT2D eigenvalue weighted by Crippen LogP contribution is 2.22. The number of carbonyl (C=O) groups is 3. The van der Waals surface area contributed by atoms with Crippen LogP contribution in [0.15, 0.2) is 20.0 Å². The summed E-state index contributed by atoms with van der Waals surface area (Å²) < 4.78 is 0. The fourth-order valence-electron chi connectivity index (χ4n) is 2.03. The minimum atomic E-state index is -1.79. The van der Waals surface area contributed by atoms with Crippen molar-refractivity contribution in [3.8, 4) is 0 Å². The van der Waals surface area contributed by atoms with E-state index in [1.54, 1.807) is 27.7 Å². The van der Waals surface area contributed by atoms with Crippen LogP contribution in [-0.4, -0.2) is 52.4 Å². The highest BCUT2D eigenvalue weighted by Gasteiger charge is 2.41. The third-order valence-electron chi connectivity index (χ3n) is 3.40. The van der Waals surface area contributed by atoms with Gasteiger partial charge in [-0.3, -0.25) is 14.4 Å². The molecule has 2 amide bonds. The lowest BCUT2D eigenvalue weighted by Gasteiger charge is -2.30. The maximum atomic E-state index is 12.1. The molecular weight excluding hydrogens is 328 g/mol. The molecule has 0 spiro atoms. The SMILES string of the molecule is CC(C)C(=O)NC1=NC(CC(=O)O)(NC(=O)C(C)C)N=C2N=CN=C21. The number of aliphatic carboxylic acids is 1. The first-order valence-electron chi connectivity index (χ1n) is 7.79. The Bertz CT molecular complexity index is 734. The standard InChI is InChI=1S/C15H20N6O4/c1-7(2)13(24)18-12-10-11(17-6-16-10)19-15(20-12,5-9(22)23)21-14(25)8(3)4/h6-8H,5H2,1-4H3,(H,21,25)(H,22,23)(H,18,20,24). The lowest BCUT2D eigenvalue weighted by molar-refractivity contribution is -0.139. The van der Waals surface area contributed by atoms with E-state index in [0.717, 1.165) is 0 Å². The fourth-order valence-corrected chi connectivity index (χ4v) is 2.03. The Hall–Kier alpha value is -2.91. The number of carbonyl (C=O) groups excluding carboxylic acids is 2. The van der Waals surface area contributed by atoms with Crippen LogP contribution in [0.1, 0.15) is 34.1 Å². The summed E-state index contributed by atoms with van der Waals surface area (Å²) in [6, 6.07) is 0. The third kappa shape index (κ3) is 4.14. The van der Waals surface area contributed by atoms with E-state index >= 15 is 0 Å². The molecule has 134 valence electrons. The molecular formula is C15H20N6O4. The average Bonchev–Trinajstić information content (AvgIpc) is 2.93. The predicted molar refractivity (Wildman–Crippen MR) is 91.7 cm³/mol. The van der Waals surface area contributed by atoms with Crippen molar-refractivity contribution < 1.29 is 19.5 Å². The van der Waals surface area contributed by atoms with E-state index in [4.69, 9.17) is 0 Å². The second kappa shape index (κ2) is 6.91. The Kier molecular flexibility index (Phi) is 5.10. The molecule has 1 unspecified atom stereocenters. The summed E-state index contributed by atoms with van der Waals surface area (Å²) in [5, 5.41) is 14.4. The number of fused-ring (bicyclic) bond motifs is 1. The monoisotopic (exact) mass is 348 g/mol. The van der Waals surface area contributed by atoms with Gasteiger partial charge in [-0.15, -0.1) is 0 Å². The number of amides is 2. The number of nitrogens with one attached hydrogen (secondary N) is 2. The van der Waals surface area contributed by atoms with Gasteiger partial charge in [0.05, 0.1) is 0 Å². The number of aliphatic imine (C=N–C) groups is 4. The molecule has 0 radical (unpaired) electrons. The number of hydrogen-bond donors (Lipinski definition) is 3. The fraction of sp³-hybridized carbons (Fsp3) is 0.533. The molecule has 2 aliphatic rings. The van der Waals surface area contributed by atoms with Crippen LogP contribution in [-0.2, 0) is 14.4 Å². The van der Waals surface area contributed by atoms with Crippen molar-refractivity contribution in [2.45, 2.75) is 39.9 Å². The molecule has 0 aromatic heterocycles. The molecule has 0 aromatic carbocycles. The summed E-state index contributed by atoms with van der Waals surface area (Å²) in [5.74, 6) is -4.34. The largest absolute Gasteiger partial charge is 0.481 e. The van der Waals surface area contributed by atoms with Gasteiger partial charge in [0.25, 0.3) is 0 Å². The normalized spacial score (nSPS) is 21.4. The first kappa shape index (κ1) is 18.4. The summed E-state index contributed by atoms with van der Waals surface area (Å²) in [5.41, 5.74) is 0.230. The summed E-state index contributed by atoms with van der Waals surface area (Å²) in [6.45, 7) is 6.72. The van der Waals surface area contributed by atoms with Gasteiger partial charge in [0, 0.05) is 11.8 Å². The Morgan fingerprint density at radius 3 is 2.32 bits per heavy atom. The van der Waals surface area contributed by atoms with Gasteiger partial charge >= 0.3 is 5.97 Å². The zero-order valence-electron chi connectivity index (χ0n) is 14.4. The van der Waals surface area contributed by atoms with Gasteiger partial charge in [0.15, 0.2) is 17.4 Å². The number of carboxylic acids is 1. The maximum Gasteiger partial charge on any atom is 0.309 e. The highest BCUT2D eigenvalue weighted by molar-refractivity contribution is 6.71. The Morgan fingerprint density at radius 2 is 1.76 bits per heavy atom. The van der Waals surface area contributed by atoms with Crippen molar-refractivity contribution in [3.63, 3.8) is 0 Å². The van der Waals surface area contributed by atoms with Gasteiger partial charge in [-0.1, -0.05) is 27.7 Å². The second-order valence-electron chi connectivity index (χ2n) is 6.29. The van der Waals surface area contributed by atoms with Crippen molar-refractivity contribution in [1.82, 2.24) is 10.6 Å². The van der Waals surface area contributed by atoms with Crippen LogP contribution < -0.4 is 10.6 Å². The Labute approximate surface area is 144 Å². The van der Waals surface area contributed by atoms with Crippen molar-refractivity contribution in [1.29, 1.82) is 0 Å². The van der Waals surface area contributed by atoms with E-state index < -0.39 is 30.0 Å². The first-order chi connectivity index (χ1) is 11.6. The molecule has 0 bridgehead atoms. The van der Waals surface area contributed by atoms with Crippen LogP contribution in [0.3, 0.4) is 0 Å². The van der Waals surface area contributed by atoms with Crippen LogP contribution >= 0.6 is 0 Å². The molecule has 0 aromatic rings. The van der Waals surface area contributed by atoms with Gasteiger partial charge in [-0.05, 0) is 0 Å². The quantitative estimate of drug-likeness (QED) is 0.639. The summed E-state index contributed by atoms with van der Waals surface area (Å²) in [4.78, 5) is 51.8. The van der Waals surface area contributed by atoms with Crippen molar-refractivity contribution >= 4 is 41.5 Å². The highest BCUT2D eigenvalue weighted by atomic mass is 16.4. The van der Waals surface area contributed by atoms with Gasteiger partial charge in [0.1, 0.15) is 12.8 Å². The molecule has 0 saturated carbocycles. The summed E-state index contributed by atoms with van der Waals surface area (Å²) in [7, 11) is 0. The smallest absolute Gasteiger partial charge is 0.309 e. The van der Waals surface area contributed by atoms with E-state index in [0.29, 0.717) is 0 Å². The number of rotatable bonds is 5. The molecule has 1 atom stereocenters. The van der Waals surface area contributed by atoms with E-state index in [1.807, 2.05) is 0 Å². The molecule has 2 rings (SSSR count). The van der Waals surface area contributed by atoms with E-state index in [-0.39, 0.29) is 29.2 Å². The molecule has 25 heavy (non-hydrogen) atoms. The molecule has 10 nitrogen and oxygen atoms in total. The lowest BCUT2D eigenvalue weighted by Crippen LogP contribution is -2.55. The van der Waals surface area contributed by atoms with E-state index in [1.165, 1.54) is 6.34 Å². The number of hydrogen-bond acceptors (Lipinski definition) is 7. The molecule has 10 heteroatoms. The maximum absolute atomic E-state index is 12.1. The lowest BCUT2D eigenvalue weighted by atomic mass is 10.1. The summed E-state index contributed by atoms with van der Waals surface area (Å²) in [6.07, 6.45) is 0.630. The number of carboxylic acid groups (broad SMARTS) is 1. The molecule has 0 saturated heterocycles. The number of amidine groups is 2. The van der Waals surface area contributed by atoms with Gasteiger partial charge in [0.2, 0.25) is 17.6 Å². The zero-order chi connectivity index (χ0) is 18.8. The van der Waals surface area contributed by atoms with Crippen molar-refractivity contribution in [2.24, 2.45) is 31.8 Å². The Balaban J connectivity index is 2.46.